The quantitative estimate of drug-likeness (QED) is 0.264. The molecule has 4 rings (SSSR count). The summed E-state index contributed by atoms with van der Waals surface area (Å²) in [5.74, 6) is -0.529. The van der Waals surface area contributed by atoms with Gasteiger partial charge in [0.25, 0.3) is 11.7 Å². The number of rotatable bonds is 7. The molecule has 35 heavy (non-hydrogen) atoms. The van der Waals surface area contributed by atoms with Gasteiger partial charge in [-0.2, -0.15) is 0 Å². The molecule has 1 aliphatic rings. The van der Waals surface area contributed by atoms with Crippen LogP contribution in [0.5, 0.6) is 11.5 Å². The molecule has 1 unspecified atom stereocenters. The first-order valence-electron chi connectivity index (χ1n) is 11.7. The molecule has 1 atom stereocenters. The van der Waals surface area contributed by atoms with Gasteiger partial charge in [-0.25, -0.2) is 0 Å². The van der Waals surface area contributed by atoms with E-state index in [0.717, 1.165) is 0 Å². The Balaban J connectivity index is 1.90. The topological polar surface area (TPSA) is 76.1 Å². The highest BCUT2D eigenvalue weighted by atomic mass is 16.5. The minimum absolute atomic E-state index is 0.0160. The molecule has 3 aromatic rings. The molecule has 180 valence electrons. The van der Waals surface area contributed by atoms with Crippen molar-refractivity contribution in [1.82, 2.24) is 0 Å². The maximum Gasteiger partial charge on any atom is 0.300 e. The van der Waals surface area contributed by atoms with Gasteiger partial charge in [0.15, 0.2) is 0 Å². The Morgan fingerprint density at radius 3 is 2.03 bits per heavy atom. The molecule has 1 aliphatic heterocycles. The zero-order valence-corrected chi connectivity index (χ0v) is 20.3. The number of aliphatic hydroxyl groups is 1. The van der Waals surface area contributed by atoms with E-state index in [1.165, 1.54) is 4.90 Å². The summed E-state index contributed by atoms with van der Waals surface area (Å²) in [7, 11) is 0. The van der Waals surface area contributed by atoms with E-state index in [2.05, 4.69) is 0 Å². The first kappa shape index (κ1) is 24.1. The molecule has 6 heteroatoms. The standard InChI is InChI=1S/C29H29NO5/c1-18(2)34-23-14-8-10-20(16-23)26-25(27(31)21-11-9-15-24(17-21)35-19(3)4)28(32)29(33)30(26)22-12-6-5-7-13-22/h5-19,26,31H,1-4H3/b27-25-. The molecule has 1 saturated heterocycles. The minimum Gasteiger partial charge on any atom is -0.507 e. The van der Waals surface area contributed by atoms with Crippen molar-refractivity contribution in [1.29, 1.82) is 0 Å². The molecule has 1 heterocycles. The van der Waals surface area contributed by atoms with E-state index in [9.17, 15) is 14.7 Å². The highest BCUT2D eigenvalue weighted by Gasteiger charge is 2.47. The number of anilines is 1. The first-order chi connectivity index (χ1) is 16.8. The number of ether oxygens (including phenoxy) is 2. The predicted octanol–water partition coefficient (Wildman–Crippen LogP) is 5.89. The molecule has 1 N–H and O–H groups in total. The SMILES string of the molecule is CC(C)Oc1cccc(/C(O)=C2/C(=O)C(=O)N(c3ccccc3)C2c2cccc(OC(C)C)c2)c1. The molecule has 1 fully saturated rings. The first-order valence-corrected chi connectivity index (χ1v) is 11.7. The number of carbonyl (C=O) groups excluding carboxylic acids is 2. The maximum absolute atomic E-state index is 13.3. The number of carbonyl (C=O) groups is 2. The van der Waals surface area contributed by atoms with Gasteiger partial charge < -0.3 is 14.6 Å². The van der Waals surface area contributed by atoms with Crippen molar-refractivity contribution < 1.29 is 24.2 Å². The van der Waals surface area contributed by atoms with Crippen molar-refractivity contribution >= 4 is 23.1 Å². The third kappa shape index (κ3) is 5.06. The lowest BCUT2D eigenvalue weighted by atomic mass is 9.95. The number of aliphatic hydroxyl groups excluding tert-OH is 1. The molecule has 3 aromatic carbocycles. The number of benzene rings is 3. The molecule has 0 aromatic heterocycles. The van der Waals surface area contributed by atoms with Crippen LogP contribution >= 0.6 is 0 Å². The summed E-state index contributed by atoms with van der Waals surface area (Å²) in [5, 5.41) is 11.4. The van der Waals surface area contributed by atoms with Crippen LogP contribution in [-0.2, 0) is 9.59 Å². The molecular weight excluding hydrogens is 442 g/mol. The lowest BCUT2D eigenvalue weighted by Crippen LogP contribution is -2.29. The van der Waals surface area contributed by atoms with E-state index in [4.69, 9.17) is 9.47 Å². The van der Waals surface area contributed by atoms with Crippen LogP contribution in [0.3, 0.4) is 0 Å². The highest BCUT2D eigenvalue weighted by molar-refractivity contribution is 6.51. The van der Waals surface area contributed by atoms with Gasteiger partial charge in [0.1, 0.15) is 17.3 Å². The van der Waals surface area contributed by atoms with Crippen LogP contribution < -0.4 is 14.4 Å². The number of Topliss-reactive ketones (excluding diaryl/α,β-unsaturated/α-hetero) is 1. The number of amides is 1. The Morgan fingerprint density at radius 1 is 0.800 bits per heavy atom. The zero-order chi connectivity index (χ0) is 25.1. The van der Waals surface area contributed by atoms with Crippen LogP contribution in [0.1, 0.15) is 44.9 Å². The number of para-hydroxylation sites is 1. The van der Waals surface area contributed by atoms with Gasteiger partial charge in [0.05, 0.1) is 23.8 Å². The Morgan fingerprint density at radius 2 is 1.40 bits per heavy atom. The summed E-state index contributed by atoms with van der Waals surface area (Å²) < 4.78 is 11.6. The number of nitrogens with zero attached hydrogens (tertiary/aromatic N) is 1. The fourth-order valence-corrected chi connectivity index (χ4v) is 4.18. The van der Waals surface area contributed by atoms with Gasteiger partial charge in [-0.1, -0.05) is 42.5 Å². The van der Waals surface area contributed by atoms with E-state index in [1.54, 1.807) is 54.6 Å². The maximum atomic E-state index is 13.3. The number of hydrogen-bond acceptors (Lipinski definition) is 5. The lowest BCUT2D eigenvalue weighted by molar-refractivity contribution is -0.132. The van der Waals surface area contributed by atoms with E-state index in [1.807, 2.05) is 52.0 Å². The lowest BCUT2D eigenvalue weighted by Gasteiger charge is -2.26. The van der Waals surface area contributed by atoms with Gasteiger partial charge in [-0.3, -0.25) is 14.5 Å². The largest absolute Gasteiger partial charge is 0.507 e. The third-order valence-electron chi connectivity index (χ3n) is 5.50. The fraction of sp³-hybridized carbons (Fsp3) is 0.241. The summed E-state index contributed by atoms with van der Waals surface area (Å²) in [6, 6.07) is 22.3. The normalized spacial score (nSPS) is 17.3. The van der Waals surface area contributed by atoms with Crippen molar-refractivity contribution in [2.24, 2.45) is 0 Å². The van der Waals surface area contributed by atoms with E-state index in [0.29, 0.717) is 28.3 Å². The molecule has 6 nitrogen and oxygen atoms in total. The molecule has 0 aliphatic carbocycles. The van der Waals surface area contributed by atoms with Gasteiger partial charge in [-0.05, 0) is 69.7 Å². The van der Waals surface area contributed by atoms with E-state index in [-0.39, 0.29) is 23.5 Å². The summed E-state index contributed by atoms with van der Waals surface area (Å²) in [6.07, 6.45) is -0.103. The molecular formula is C29H29NO5. The molecule has 0 radical (unpaired) electrons. The van der Waals surface area contributed by atoms with Gasteiger partial charge >= 0.3 is 0 Å². The summed E-state index contributed by atoms with van der Waals surface area (Å²) in [6.45, 7) is 7.66. The van der Waals surface area contributed by atoms with Crippen LogP contribution in [-0.4, -0.2) is 29.0 Å². The Kier molecular flexibility index (Phi) is 6.92. The van der Waals surface area contributed by atoms with Gasteiger partial charge in [0, 0.05) is 11.3 Å². The summed E-state index contributed by atoms with van der Waals surface area (Å²) in [5.41, 5.74) is 1.63. The van der Waals surface area contributed by atoms with E-state index >= 15 is 0 Å². The van der Waals surface area contributed by atoms with Gasteiger partial charge in [0.2, 0.25) is 0 Å². The van der Waals surface area contributed by atoms with E-state index < -0.39 is 17.7 Å². The van der Waals surface area contributed by atoms with Crippen molar-refractivity contribution in [3.8, 4) is 11.5 Å². The highest BCUT2D eigenvalue weighted by Crippen LogP contribution is 2.43. The average Bonchev–Trinajstić information content (AvgIpc) is 3.09. The molecule has 0 spiro atoms. The van der Waals surface area contributed by atoms with Gasteiger partial charge in [-0.15, -0.1) is 0 Å². The predicted molar refractivity (Wildman–Crippen MR) is 136 cm³/mol. The van der Waals surface area contributed by atoms with Crippen molar-refractivity contribution in [2.75, 3.05) is 4.90 Å². The Hall–Kier alpha value is -4.06. The number of hydrogen-bond donors (Lipinski definition) is 1. The monoisotopic (exact) mass is 471 g/mol. The van der Waals surface area contributed by atoms with Crippen LogP contribution in [0.4, 0.5) is 5.69 Å². The second-order valence-corrected chi connectivity index (χ2v) is 8.94. The number of ketones is 1. The van der Waals surface area contributed by atoms with Crippen molar-refractivity contribution in [2.45, 2.75) is 45.9 Å². The fourth-order valence-electron chi connectivity index (χ4n) is 4.18. The van der Waals surface area contributed by atoms with Crippen molar-refractivity contribution in [3.63, 3.8) is 0 Å². The molecule has 0 saturated carbocycles. The van der Waals surface area contributed by atoms with Crippen LogP contribution in [0.25, 0.3) is 5.76 Å². The summed E-state index contributed by atoms with van der Waals surface area (Å²) >= 11 is 0. The third-order valence-corrected chi connectivity index (χ3v) is 5.50. The van der Waals surface area contributed by atoms with Crippen LogP contribution in [0, 0.1) is 0 Å². The smallest absolute Gasteiger partial charge is 0.300 e. The minimum atomic E-state index is -0.831. The summed E-state index contributed by atoms with van der Waals surface area (Å²) in [4.78, 5) is 28.1. The molecule has 0 bridgehead atoms. The zero-order valence-electron chi connectivity index (χ0n) is 20.3. The molecule has 1 amide bonds. The Bertz CT molecular complexity index is 1260. The Labute approximate surface area is 205 Å². The van der Waals surface area contributed by atoms with Crippen molar-refractivity contribution in [3.05, 3.63) is 95.6 Å². The average molecular weight is 472 g/mol. The van der Waals surface area contributed by atoms with Crippen LogP contribution in [0.2, 0.25) is 0 Å². The second-order valence-electron chi connectivity index (χ2n) is 8.94. The second kappa shape index (κ2) is 10.1. The van der Waals surface area contributed by atoms with Crippen LogP contribution in [0.15, 0.2) is 84.4 Å².